The summed E-state index contributed by atoms with van der Waals surface area (Å²) >= 11 is 0. The van der Waals surface area contributed by atoms with Crippen LogP contribution in [0.3, 0.4) is 0 Å². The molecule has 1 heterocycles. The Hall–Kier alpha value is -4.11. The van der Waals surface area contributed by atoms with Crippen LogP contribution in [0.4, 0.5) is 26.4 Å². The molecule has 0 radical (unpaired) electrons. The van der Waals surface area contributed by atoms with Crippen molar-refractivity contribution in [2.24, 2.45) is 0 Å². The number of hydrogen-bond donors (Lipinski definition) is 3. The highest BCUT2D eigenvalue weighted by Crippen LogP contribution is 2.32. The van der Waals surface area contributed by atoms with Crippen molar-refractivity contribution in [2.45, 2.75) is 6.92 Å². The summed E-state index contributed by atoms with van der Waals surface area (Å²) in [6, 6.07) is 16.9. The molecule has 9 heteroatoms. The maximum absolute atomic E-state index is 13.9. The monoisotopic (exact) mass is 449 g/mol. The van der Waals surface area contributed by atoms with Gasteiger partial charge in [0.05, 0.1) is 17.7 Å². The molecule has 0 fully saturated rings. The van der Waals surface area contributed by atoms with Gasteiger partial charge in [0.25, 0.3) is 0 Å². The van der Waals surface area contributed by atoms with Crippen molar-refractivity contribution in [2.75, 3.05) is 36.7 Å². The predicted octanol–water partition coefficient (Wildman–Crippen LogP) is 4.45. The molecule has 2 amide bonds. The number of amides is 2. The van der Waals surface area contributed by atoms with E-state index in [1.165, 1.54) is 10.9 Å². The third-order valence-corrected chi connectivity index (χ3v) is 5.03. The lowest BCUT2D eigenvalue weighted by atomic mass is 10.0. The van der Waals surface area contributed by atoms with Crippen LogP contribution >= 0.6 is 0 Å². The molecule has 0 atom stereocenters. The van der Waals surface area contributed by atoms with E-state index in [1.54, 1.807) is 31.4 Å². The Bertz CT molecular complexity index is 1290. The third kappa shape index (κ3) is 4.88. The minimum absolute atomic E-state index is 0.121. The minimum atomic E-state index is -0.534. The molecule has 0 saturated heterocycles. The Morgan fingerprint density at radius 3 is 2.64 bits per heavy atom. The summed E-state index contributed by atoms with van der Waals surface area (Å²) < 4.78 is 18.9. The zero-order chi connectivity index (χ0) is 23.4. The molecule has 33 heavy (non-hydrogen) atoms. The summed E-state index contributed by atoms with van der Waals surface area (Å²) in [5, 5.41) is 10.3. The summed E-state index contributed by atoms with van der Waals surface area (Å²) in [5.74, 6) is -0.150. The number of nitrogen functional groups attached to an aromatic ring is 1. The summed E-state index contributed by atoms with van der Waals surface area (Å²) in [6.07, 6.45) is 0. The van der Waals surface area contributed by atoms with E-state index in [1.807, 2.05) is 37.3 Å². The number of hydrogen-bond acceptors (Lipinski definition) is 5. The molecule has 0 saturated carbocycles. The van der Waals surface area contributed by atoms with Crippen LogP contribution in [0.1, 0.15) is 5.56 Å². The van der Waals surface area contributed by atoms with Crippen molar-refractivity contribution in [3.63, 3.8) is 0 Å². The van der Waals surface area contributed by atoms with E-state index in [4.69, 9.17) is 15.3 Å². The molecule has 0 aliphatic rings. The van der Waals surface area contributed by atoms with Crippen LogP contribution in [0.25, 0.3) is 22.0 Å². The number of carbonyl (C=O) groups is 1. The van der Waals surface area contributed by atoms with Crippen LogP contribution in [0.2, 0.25) is 0 Å². The second-order valence-corrected chi connectivity index (χ2v) is 7.42. The second kappa shape index (κ2) is 9.58. The molecule has 170 valence electrons. The summed E-state index contributed by atoms with van der Waals surface area (Å²) in [5.41, 5.74) is 10.2. The standard InChI is InChI=1S/C24H24FN5O3/c1-15-6-11-19(25)20(14-15)28-24(31)27-17-9-7-16(8-10-17)18-4-3-5-21-22(18)23(26)29-30(21)33-13-12-32-2/h3-11,14H,12-13H2,1-2H3,(H2,26,29)(H2,27,28,31). The van der Waals surface area contributed by atoms with E-state index in [-0.39, 0.29) is 5.69 Å². The second-order valence-electron chi connectivity index (χ2n) is 7.42. The molecule has 4 N–H and O–H groups in total. The Balaban J connectivity index is 1.52. The number of urea groups is 1. The summed E-state index contributed by atoms with van der Waals surface area (Å²) in [4.78, 5) is 19.3. The van der Waals surface area contributed by atoms with Crippen LogP contribution in [-0.2, 0) is 4.74 Å². The minimum Gasteiger partial charge on any atom is -0.394 e. The van der Waals surface area contributed by atoms with Crippen molar-refractivity contribution in [1.29, 1.82) is 0 Å². The van der Waals surface area contributed by atoms with Gasteiger partial charge in [-0.3, -0.25) is 0 Å². The van der Waals surface area contributed by atoms with E-state index in [0.29, 0.717) is 24.7 Å². The molecule has 0 unspecified atom stereocenters. The lowest BCUT2D eigenvalue weighted by Gasteiger charge is -2.10. The first-order valence-corrected chi connectivity index (χ1v) is 10.3. The molecular weight excluding hydrogens is 425 g/mol. The zero-order valence-corrected chi connectivity index (χ0v) is 18.3. The highest BCUT2D eigenvalue weighted by atomic mass is 19.1. The van der Waals surface area contributed by atoms with Gasteiger partial charge in [-0.1, -0.05) is 35.2 Å². The normalized spacial score (nSPS) is 10.9. The molecule has 0 aliphatic heterocycles. The lowest BCUT2D eigenvalue weighted by Crippen LogP contribution is -2.20. The largest absolute Gasteiger partial charge is 0.394 e. The highest BCUT2D eigenvalue weighted by Gasteiger charge is 2.15. The van der Waals surface area contributed by atoms with Crippen molar-refractivity contribution in [3.8, 4) is 11.1 Å². The van der Waals surface area contributed by atoms with Gasteiger partial charge in [-0.2, -0.15) is 0 Å². The predicted molar refractivity (Wildman–Crippen MR) is 127 cm³/mol. The first-order chi connectivity index (χ1) is 16.0. The number of nitrogens with zero attached hydrogens (tertiary/aromatic N) is 2. The third-order valence-electron chi connectivity index (χ3n) is 5.03. The Morgan fingerprint density at radius 2 is 1.88 bits per heavy atom. The van der Waals surface area contributed by atoms with Gasteiger partial charge >= 0.3 is 6.03 Å². The maximum atomic E-state index is 13.9. The van der Waals surface area contributed by atoms with Crippen molar-refractivity contribution >= 4 is 34.1 Å². The molecule has 8 nitrogen and oxygen atoms in total. The van der Waals surface area contributed by atoms with Gasteiger partial charge in [0.15, 0.2) is 5.82 Å². The first-order valence-electron chi connectivity index (χ1n) is 10.3. The van der Waals surface area contributed by atoms with Crippen LogP contribution in [-0.4, -0.2) is 36.3 Å². The van der Waals surface area contributed by atoms with Crippen LogP contribution in [0.15, 0.2) is 60.7 Å². The average molecular weight is 449 g/mol. The van der Waals surface area contributed by atoms with Crippen LogP contribution in [0, 0.1) is 12.7 Å². The van der Waals surface area contributed by atoms with Crippen LogP contribution < -0.4 is 21.2 Å². The average Bonchev–Trinajstić information content (AvgIpc) is 3.13. The number of benzene rings is 3. The number of aryl methyl sites for hydroxylation is 1. The fourth-order valence-electron chi connectivity index (χ4n) is 3.47. The molecule has 1 aromatic heterocycles. The fourth-order valence-corrected chi connectivity index (χ4v) is 3.47. The van der Waals surface area contributed by atoms with E-state index in [0.717, 1.165) is 27.6 Å². The highest BCUT2D eigenvalue weighted by molar-refractivity contribution is 6.03. The van der Waals surface area contributed by atoms with Gasteiger partial charge in [-0.15, -0.1) is 5.10 Å². The SMILES string of the molecule is COCCOn1nc(N)c2c(-c3ccc(NC(=O)Nc4cc(C)ccc4F)cc3)cccc21. The van der Waals surface area contributed by atoms with Gasteiger partial charge in [0, 0.05) is 12.8 Å². The molecule has 0 spiro atoms. The Morgan fingerprint density at radius 1 is 1.09 bits per heavy atom. The molecular formula is C24H24FN5O3. The number of halogens is 1. The lowest BCUT2D eigenvalue weighted by molar-refractivity contribution is 0.0467. The topological polar surface area (TPSA) is 103 Å². The number of fused-ring (bicyclic) bond motifs is 1. The van der Waals surface area contributed by atoms with E-state index in [9.17, 15) is 9.18 Å². The molecule has 0 aliphatic carbocycles. The molecule has 4 rings (SSSR count). The van der Waals surface area contributed by atoms with Gasteiger partial charge in [-0.25, -0.2) is 9.18 Å². The number of carbonyl (C=O) groups excluding carboxylic acids is 1. The Kier molecular flexibility index (Phi) is 6.41. The van der Waals surface area contributed by atoms with Crippen LogP contribution in [0.5, 0.6) is 0 Å². The van der Waals surface area contributed by atoms with Crippen molar-refractivity contribution in [1.82, 2.24) is 9.94 Å². The number of rotatable bonds is 7. The summed E-state index contributed by atoms with van der Waals surface area (Å²) in [7, 11) is 1.60. The van der Waals surface area contributed by atoms with Gasteiger partial charge in [0.1, 0.15) is 17.9 Å². The van der Waals surface area contributed by atoms with Crippen molar-refractivity contribution in [3.05, 3.63) is 72.0 Å². The van der Waals surface area contributed by atoms with Gasteiger partial charge in [0.2, 0.25) is 0 Å². The number of nitrogens with two attached hydrogens (primary N) is 1. The molecule has 0 bridgehead atoms. The van der Waals surface area contributed by atoms with Crippen molar-refractivity contribution < 1.29 is 18.8 Å². The first kappa shape index (κ1) is 22.1. The summed E-state index contributed by atoms with van der Waals surface area (Å²) in [6.45, 7) is 2.59. The van der Waals surface area contributed by atoms with E-state index < -0.39 is 11.8 Å². The van der Waals surface area contributed by atoms with Gasteiger partial charge in [-0.05, 0) is 53.9 Å². The fraction of sp³-hybridized carbons (Fsp3) is 0.167. The molecule has 3 aromatic carbocycles. The number of nitrogens with one attached hydrogen (secondary N) is 2. The number of anilines is 3. The van der Waals surface area contributed by atoms with E-state index >= 15 is 0 Å². The maximum Gasteiger partial charge on any atom is 0.323 e. The van der Waals surface area contributed by atoms with E-state index in [2.05, 4.69) is 15.7 Å². The Labute approximate surface area is 190 Å². The number of aromatic nitrogens is 2. The zero-order valence-electron chi connectivity index (χ0n) is 18.3. The molecule has 4 aromatic rings. The number of ether oxygens (including phenoxy) is 1. The number of methoxy groups -OCH3 is 1. The smallest absolute Gasteiger partial charge is 0.323 e. The quantitative estimate of drug-likeness (QED) is 0.362. The van der Waals surface area contributed by atoms with Gasteiger partial charge < -0.3 is 25.9 Å².